The highest BCUT2D eigenvalue weighted by atomic mass is 35.5. The van der Waals surface area contributed by atoms with Gasteiger partial charge in [-0.2, -0.15) is 4.98 Å². The minimum absolute atomic E-state index is 0.566. The van der Waals surface area contributed by atoms with E-state index in [0.717, 1.165) is 22.7 Å². The summed E-state index contributed by atoms with van der Waals surface area (Å²) in [6.45, 7) is 5.26. The Balaban J connectivity index is 2.03. The van der Waals surface area contributed by atoms with Gasteiger partial charge < -0.3 is 10.1 Å². The third-order valence-corrected chi connectivity index (χ3v) is 2.86. The molecule has 0 fully saturated rings. The van der Waals surface area contributed by atoms with Crippen molar-refractivity contribution in [3.8, 4) is 5.88 Å². The summed E-state index contributed by atoms with van der Waals surface area (Å²) >= 11 is 5.96. The van der Waals surface area contributed by atoms with Crippen LogP contribution in [-0.4, -0.2) is 16.6 Å². The van der Waals surface area contributed by atoms with E-state index in [1.54, 1.807) is 0 Å². The molecular formula is C15H18ClN3O. The van der Waals surface area contributed by atoms with Gasteiger partial charge >= 0.3 is 0 Å². The van der Waals surface area contributed by atoms with E-state index in [2.05, 4.69) is 22.2 Å². The lowest BCUT2D eigenvalue weighted by Crippen LogP contribution is -2.06. The molecule has 2 aromatic rings. The molecule has 1 aromatic heterocycles. The first-order valence-electron chi connectivity index (χ1n) is 6.64. The average Bonchev–Trinajstić information content (AvgIpc) is 2.42. The first-order chi connectivity index (χ1) is 9.67. The molecule has 0 atom stereocenters. The van der Waals surface area contributed by atoms with Gasteiger partial charge in [-0.05, 0) is 31.0 Å². The minimum atomic E-state index is 0.566. The lowest BCUT2D eigenvalue weighted by Gasteiger charge is -2.09. The highest BCUT2D eigenvalue weighted by Crippen LogP contribution is 2.15. The molecule has 0 unspecified atom stereocenters. The van der Waals surface area contributed by atoms with E-state index in [1.165, 1.54) is 0 Å². The largest absolute Gasteiger partial charge is 0.478 e. The van der Waals surface area contributed by atoms with E-state index in [-0.39, 0.29) is 0 Å². The van der Waals surface area contributed by atoms with Crippen molar-refractivity contribution in [3.05, 3.63) is 46.6 Å². The highest BCUT2D eigenvalue weighted by Gasteiger charge is 2.03. The van der Waals surface area contributed by atoms with Gasteiger partial charge in [0.2, 0.25) is 11.8 Å². The standard InChI is InChI=1S/C15H18ClN3O/c1-3-7-20-14-8-11(2)18-15(19-14)17-10-12-5-4-6-13(16)9-12/h4-6,8-9H,3,7,10H2,1-2H3,(H,17,18,19). The van der Waals surface area contributed by atoms with Crippen LogP contribution in [0.4, 0.5) is 5.95 Å². The molecular weight excluding hydrogens is 274 g/mol. The number of rotatable bonds is 6. The number of aromatic nitrogens is 2. The van der Waals surface area contributed by atoms with Gasteiger partial charge in [0.05, 0.1) is 6.61 Å². The van der Waals surface area contributed by atoms with Crippen molar-refractivity contribution in [2.24, 2.45) is 0 Å². The Morgan fingerprint density at radius 2 is 2.10 bits per heavy atom. The van der Waals surface area contributed by atoms with Crippen LogP contribution in [0, 0.1) is 6.92 Å². The fraction of sp³-hybridized carbons (Fsp3) is 0.333. The van der Waals surface area contributed by atoms with Crippen LogP contribution < -0.4 is 10.1 Å². The molecule has 5 heteroatoms. The summed E-state index contributed by atoms with van der Waals surface area (Å²) in [5, 5.41) is 3.91. The topological polar surface area (TPSA) is 47.0 Å². The number of halogens is 1. The van der Waals surface area contributed by atoms with Crippen LogP contribution in [0.2, 0.25) is 5.02 Å². The SMILES string of the molecule is CCCOc1cc(C)nc(NCc2cccc(Cl)c2)n1. The second-order valence-corrected chi connectivity index (χ2v) is 4.94. The summed E-state index contributed by atoms with van der Waals surface area (Å²) in [4.78, 5) is 8.68. The third kappa shape index (κ3) is 4.38. The van der Waals surface area contributed by atoms with Crippen molar-refractivity contribution >= 4 is 17.5 Å². The lowest BCUT2D eigenvalue weighted by molar-refractivity contribution is 0.305. The van der Waals surface area contributed by atoms with E-state index in [1.807, 2.05) is 37.3 Å². The number of nitrogens with one attached hydrogen (secondary N) is 1. The summed E-state index contributed by atoms with van der Waals surface area (Å²) in [5.41, 5.74) is 1.96. The van der Waals surface area contributed by atoms with E-state index in [4.69, 9.17) is 16.3 Å². The maximum atomic E-state index is 5.96. The number of hydrogen-bond donors (Lipinski definition) is 1. The quantitative estimate of drug-likeness (QED) is 0.878. The summed E-state index contributed by atoms with van der Waals surface area (Å²) in [6, 6.07) is 9.53. The van der Waals surface area contributed by atoms with Crippen molar-refractivity contribution in [2.75, 3.05) is 11.9 Å². The van der Waals surface area contributed by atoms with Crippen LogP contribution in [0.25, 0.3) is 0 Å². The third-order valence-electron chi connectivity index (χ3n) is 2.62. The van der Waals surface area contributed by atoms with E-state index in [9.17, 15) is 0 Å². The lowest BCUT2D eigenvalue weighted by atomic mass is 10.2. The Hall–Kier alpha value is -1.81. The molecule has 0 bridgehead atoms. The summed E-state index contributed by atoms with van der Waals surface area (Å²) < 4.78 is 5.54. The fourth-order valence-corrected chi connectivity index (χ4v) is 1.94. The average molecular weight is 292 g/mol. The zero-order valence-corrected chi connectivity index (χ0v) is 12.4. The highest BCUT2D eigenvalue weighted by molar-refractivity contribution is 6.30. The predicted octanol–water partition coefficient (Wildman–Crippen LogP) is 3.84. The van der Waals surface area contributed by atoms with Crippen molar-refractivity contribution in [2.45, 2.75) is 26.8 Å². The Morgan fingerprint density at radius 1 is 1.25 bits per heavy atom. The van der Waals surface area contributed by atoms with Gasteiger partial charge in [-0.25, -0.2) is 4.98 Å². The summed E-state index contributed by atoms with van der Waals surface area (Å²) in [6.07, 6.45) is 0.953. The molecule has 1 aromatic carbocycles. The predicted molar refractivity (Wildman–Crippen MR) is 81.3 cm³/mol. The molecule has 0 aliphatic carbocycles. The molecule has 106 valence electrons. The van der Waals surface area contributed by atoms with Crippen LogP contribution in [0.3, 0.4) is 0 Å². The Bertz CT molecular complexity index is 575. The van der Waals surface area contributed by atoms with Gasteiger partial charge in [-0.15, -0.1) is 0 Å². The number of ether oxygens (including phenoxy) is 1. The normalized spacial score (nSPS) is 10.3. The summed E-state index contributed by atoms with van der Waals surface area (Å²) in [7, 11) is 0. The maximum absolute atomic E-state index is 5.96. The molecule has 0 aliphatic rings. The second-order valence-electron chi connectivity index (χ2n) is 4.50. The Morgan fingerprint density at radius 3 is 2.85 bits per heavy atom. The smallest absolute Gasteiger partial charge is 0.226 e. The van der Waals surface area contributed by atoms with Gasteiger partial charge in [0, 0.05) is 23.3 Å². The molecule has 0 amide bonds. The van der Waals surface area contributed by atoms with Crippen molar-refractivity contribution in [3.63, 3.8) is 0 Å². The number of nitrogens with zero attached hydrogens (tertiary/aromatic N) is 2. The van der Waals surface area contributed by atoms with Gasteiger partial charge in [0.15, 0.2) is 0 Å². The molecule has 1 N–H and O–H groups in total. The number of hydrogen-bond acceptors (Lipinski definition) is 4. The molecule has 2 rings (SSSR count). The molecule has 4 nitrogen and oxygen atoms in total. The first kappa shape index (κ1) is 14.6. The van der Waals surface area contributed by atoms with Crippen LogP contribution in [-0.2, 0) is 6.54 Å². The van der Waals surface area contributed by atoms with Gasteiger partial charge in [0.1, 0.15) is 0 Å². The number of anilines is 1. The van der Waals surface area contributed by atoms with Gasteiger partial charge in [0.25, 0.3) is 0 Å². The van der Waals surface area contributed by atoms with Crippen molar-refractivity contribution in [1.82, 2.24) is 9.97 Å². The fourth-order valence-electron chi connectivity index (χ4n) is 1.73. The van der Waals surface area contributed by atoms with Gasteiger partial charge in [-0.3, -0.25) is 0 Å². The molecule has 0 radical (unpaired) electrons. The van der Waals surface area contributed by atoms with Crippen molar-refractivity contribution < 1.29 is 4.74 Å². The van der Waals surface area contributed by atoms with Crippen LogP contribution in [0.1, 0.15) is 24.6 Å². The Kier molecular flexibility index (Phi) is 5.18. The zero-order valence-electron chi connectivity index (χ0n) is 11.7. The molecule has 0 saturated heterocycles. The molecule has 20 heavy (non-hydrogen) atoms. The molecule has 0 aliphatic heterocycles. The summed E-state index contributed by atoms with van der Waals surface area (Å²) in [5.74, 6) is 1.17. The maximum Gasteiger partial charge on any atom is 0.226 e. The van der Waals surface area contributed by atoms with Crippen molar-refractivity contribution in [1.29, 1.82) is 0 Å². The van der Waals surface area contributed by atoms with E-state index < -0.39 is 0 Å². The minimum Gasteiger partial charge on any atom is -0.478 e. The van der Waals surface area contributed by atoms with Crippen LogP contribution in [0.15, 0.2) is 30.3 Å². The van der Waals surface area contributed by atoms with E-state index >= 15 is 0 Å². The molecule has 1 heterocycles. The van der Waals surface area contributed by atoms with Crippen LogP contribution >= 0.6 is 11.6 Å². The number of benzene rings is 1. The number of aryl methyl sites for hydroxylation is 1. The zero-order chi connectivity index (χ0) is 14.4. The molecule has 0 spiro atoms. The van der Waals surface area contributed by atoms with Crippen LogP contribution in [0.5, 0.6) is 5.88 Å². The monoisotopic (exact) mass is 291 g/mol. The van der Waals surface area contributed by atoms with E-state index in [0.29, 0.717) is 25.0 Å². The second kappa shape index (κ2) is 7.10. The first-order valence-corrected chi connectivity index (χ1v) is 7.02. The molecule has 0 saturated carbocycles. The Labute approximate surface area is 124 Å². The van der Waals surface area contributed by atoms with Gasteiger partial charge in [-0.1, -0.05) is 30.7 Å².